The Morgan fingerprint density at radius 2 is 1.55 bits per heavy atom. The molecule has 366 valence electrons. The molecule has 1 aromatic carbocycles. The zero-order chi connectivity index (χ0) is 47.9. The number of hydrogen-bond acceptors (Lipinski definition) is 14. The maximum Gasteiger partial charge on any atom is 0.329 e. The fourth-order valence-electron chi connectivity index (χ4n) is 10.8. The van der Waals surface area contributed by atoms with E-state index in [4.69, 9.17) is 23.7 Å². The molecule has 3 fully saturated rings. The van der Waals surface area contributed by atoms with Gasteiger partial charge in [-0.25, -0.2) is 4.79 Å². The molecular weight excluding hydrogens is 847 g/mol. The number of para-hydroxylation sites is 2. The number of ether oxygens (including phenoxy) is 5. The van der Waals surface area contributed by atoms with Crippen molar-refractivity contribution < 1.29 is 58.2 Å². The summed E-state index contributed by atoms with van der Waals surface area (Å²) < 4.78 is 30.1. The van der Waals surface area contributed by atoms with E-state index in [2.05, 4.69) is 17.6 Å². The van der Waals surface area contributed by atoms with E-state index >= 15 is 0 Å². The van der Waals surface area contributed by atoms with Crippen molar-refractivity contribution in [1.29, 1.82) is 0 Å². The number of nitrogens with zero attached hydrogens (tertiary/aromatic N) is 1. The van der Waals surface area contributed by atoms with Gasteiger partial charge < -0.3 is 54.5 Å². The Bertz CT molecular complexity index is 1930. The lowest BCUT2D eigenvalue weighted by molar-refractivity contribution is -0.302. The van der Waals surface area contributed by atoms with E-state index in [1.54, 1.807) is 21.0 Å². The van der Waals surface area contributed by atoms with E-state index in [9.17, 15) is 34.5 Å². The van der Waals surface area contributed by atoms with Crippen molar-refractivity contribution in [1.82, 2.24) is 4.90 Å². The first-order chi connectivity index (χ1) is 31.5. The lowest BCUT2D eigenvalue weighted by atomic mass is 9.81. The number of nitrogens with one attached hydrogen (secondary N) is 2. The molecule has 1 aromatic rings. The second kappa shape index (κ2) is 22.9. The van der Waals surface area contributed by atoms with Crippen LogP contribution < -0.4 is 10.6 Å². The number of rotatable bonds is 8. The van der Waals surface area contributed by atoms with E-state index in [1.165, 1.54) is 19.1 Å². The molecule has 5 N–H and O–H groups in total. The number of methoxy groups -OCH3 is 3. The van der Waals surface area contributed by atoms with Crippen LogP contribution in [0.25, 0.3) is 0 Å². The number of amides is 1. The molecule has 2 bridgehead atoms. The van der Waals surface area contributed by atoms with Crippen molar-refractivity contribution in [3.8, 4) is 0 Å². The van der Waals surface area contributed by atoms with E-state index in [1.807, 2.05) is 62.4 Å². The van der Waals surface area contributed by atoms with Crippen LogP contribution >= 0.6 is 0 Å². The topological polar surface area (TPSA) is 202 Å². The molecule has 15 nitrogen and oxygen atoms in total. The molecule has 0 spiro atoms. The van der Waals surface area contributed by atoms with Crippen molar-refractivity contribution in [2.45, 2.75) is 166 Å². The number of piperidine rings is 1. The first kappa shape index (κ1) is 51.4. The molecule has 2 saturated heterocycles. The minimum Gasteiger partial charge on any atom is -0.456 e. The van der Waals surface area contributed by atoms with Gasteiger partial charge in [-0.1, -0.05) is 56.7 Å². The Morgan fingerprint density at radius 3 is 2.21 bits per heavy atom. The molecule has 4 aliphatic heterocycles. The van der Waals surface area contributed by atoms with Gasteiger partial charge >= 0.3 is 5.97 Å². The molecule has 14 atom stereocenters. The van der Waals surface area contributed by atoms with Gasteiger partial charge in [0, 0.05) is 52.0 Å². The molecule has 1 aliphatic carbocycles. The number of carbonyl (C=O) groups is 4. The molecule has 4 heterocycles. The number of hydrogen-bond donors (Lipinski definition) is 5. The van der Waals surface area contributed by atoms with Gasteiger partial charge in [0.15, 0.2) is 0 Å². The standard InChI is InChI=1S/C51H75N3O12/c1-29-22-30(2)24-43(63-7)47-44(64-8)26-32(4)51(61,66-47)48(58)49(59)54-21-12-11-17-38(54)50(60)65-46(31(3)25-34-19-20-39(55)42(27-34)62-6)33(5)40(56)28-41(57)35(23-29)14-13-18-45-52-36-15-9-10-16-37(36)53-45/h9-10,13,15-16,18,23,25,30,32-35,38-40,42-47,52-53,55-56,61H,11-12,14,17,19-22,24,26-28H2,1-8H3/b18-13+,29-23+,31-25+/t30-,32+,33+,34-,35+,38-,39+,40-,42+,43-,44-,46+,47+,51+/m0/s1. The highest BCUT2D eigenvalue weighted by atomic mass is 16.7. The number of esters is 1. The first-order valence-electron chi connectivity index (χ1n) is 24.0. The van der Waals surface area contributed by atoms with Crippen molar-refractivity contribution in [2.75, 3.05) is 38.5 Å². The third-order valence-corrected chi connectivity index (χ3v) is 14.7. The molecule has 1 saturated carbocycles. The zero-order valence-corrected chi connectivity index (χ0v) is 40.2. The molecule has 0 aromatic heterocycles. The van der Waals surface area contributed by atoms with Crippen LogP contribution in [0.4, 0.5) is 11.4 Å². The van der Waals surface area contributed by atoms with E-state index in [0.29, 0.717) is 56.9 Å². The van der Waals surface area contributed by atoms with Crippen molar-refractivity contribution in [3.05, 3.63) is 59.7 Å². The smallest absolute Gasteiger partial charge is 0.329 e. The number of allylic oxidation sites excluding steroid dienone is 4. The van der Waals surface area contributed by atoms with Crippen LogP contribution in [-0.2, 0) is 42.9 Å². The van der Waals surface area contributed by atoms with Gasteiger partial charge in [-0.05, 0) is 114 Å². The molecule has 6 rings (SSSR count). The zero-order valence-electron chi connectivity index (χ0n) is 40.2. The Balaban J connectivity index is 1.36. The van der Waals surface area contributed by atoms with Crippen LogP contribution in [0.15, 0.2) is 59.7 Å². The molecular formula is C51H75N3O12. The SMILES string of the molecule is CO[C@H]1C[C@@H](C)C/C(C)=C/[C@@H](C/C=C/C2Nc3ccccc3N2)C(=O)C[C@H](O)[C@@H](C)[C@@H](/C(C)=C/[C@@H]2CC[C@@H](O)[C@H](OC)C2)OC(=O)[C@@H]2CCCCN2C(=O)C(=O)[C@]2(O)O[C@H]1[C@@H](OC)C[C@H]2C. The summed E-state index contributed by atoms with van der Waals surface area (Å²) in [5.41, 5.74) is 3.57. The highest BCUT2D eigenvalue weighted by molar-refractivity contribution is 6.39. The van der Waals surface area contributed by atoms with Crippen LogP contribution in [0.3, 0.4) is 0 Å². The monoisotopic (exact) mass is 922 g/mol. The number of anilines is 2. The summed E-state index contributed by atoms with van der Waals surface area (Å²) >= 11 is 0. The van der Waals surface area contributed by atoms with Crippen molar-refractivity contribution in [2.24, 2.45) is 29.6 Å². The third kappa shape index (κ3) is 12.0. The summed E-state index contributed by atoms with van der Waals surface area (Å²) in [5.74, 6) is -7.94. The predicted molar refractivity (Wildman–Crippen MR) is 249 cm³/mol. The van der Waals surface area contributed by atoms with E-state index in [-0.39, 0.29) is 55.7 Å². The van der Waals surface area contributed by atoms with Crippen molar-refractivity contribution >= 4 is 34.8 Å². The summed E-state index contributed by atoms with van der Waals surface area (Å²) in [4.78, 5) is 58.9. The highest BCUT2D eigenvalue weighted by Crippen LogP contribution is 2.39. The second-order valence-corrected chi connectivity index (χ2v) is 19.7. The first-order valence-corrected chi connectivity index (χ1v) is 24.0. The van der Waals surface area contributed by atoms with Crippen molar-refractivity contribution in [3.63, 3.8) is 0 Å². The van der Waals surface area contributed by atoms with Gasteiger partial charge in [0.25, 0.3) is 11.7 Å². The Hall–Kier alpha value is -3.96. The fraction of sp³-hybridized carbons (Fsp3) is 0.686. The molecule has 1 amide bonds. The van der Waals surface area contributed by atoms with Gasteiger partial charge in [-0.15, -0.1) is 0 Å². The number of aliphatic hydroxyl groups is 3. The number of carbonyl (C=O) groups excluding carboxylic acids is 4. The Labute approximate surface area is 390 Å². The summed E-state index contributed by atoms with van der Waals surface area (Å²) in [6.45, 7) is 9.31. The minimum absolute atomic E-state index is 0.0205. The van der Waals surface area contributed by atoms with Crippen LogP contribution in [0.2, 0.25) is 0 Å². The van der Waals surface area contributed by atoms with E-state index < -0.39 is 83.9 Å². The quantitative estimate of drug-likeness (QED) is 0.118. The summed E-state index contributed by atoms with van der Waals surface area (Å²) in [7, 11) is 4.63. The average Bonchev–Trinajstić information content (AvgIpc) is 3.72. The Morgan fingerprint density at radius 1 is 0.879 bits per heavy atom. The minimum atomic E-state index is -2.53. The van der Waals surface area contributed by atoms with Gasteiger partial charge in [0.2, 0.25) is 5.79 Å². The maximum atomic E-state index is 14.5. The molecule has 5 aliphatic rings. The number of benzene rings is 1. The normalized spacial score (nSPS) is 38.0. The van der Waals surface area contributed by atoms with Gasteiger partial charge in [-0.3, -0.25) is 14.4 Å². The molecule has 66 heavy (non-hydrogen) atoms. The largest absolute Gasteiger partial charge is 0.456 e. The number of aliphatic hydroxyl groups excluding tert-OH is 2. The lowest BCUT2D eigenvalue weighted by Crippen LogP contribution is -2.64. The molecule has 0 radical (unpaired) electrons. The number of ketones is 2. The van der Waals surface area contributed by atoms with Crippen LogP contribution in [0.5, 0.6) is 0 Å². The van der Waals surface area contributed by atoms with Gasteiger partial charge in [-0.2, -0.15) is 0 Å². The van der Waals surface area contributed by atoms with Crippen LogP contribution in [-0.4, -0.2) is 132 Å². The third-order valence-electron chi connectivity index (χ3n) is 14.7. The number of fused-ring (bicyclic) bond motifs is 4. The highest BCUT2D eigenvalue weighted by Gasteiger charge is 2.56. The van der Waals surface area contributed by atoms with Gasteiger partial charge in [0.05, 0.1) is 41.9 Å². The van der Waals surface area contributed by atoms with Gasteiger partial charge in [0.1, 0.15) is 30.2 Å². The van der Waals surface area contributed by atoms with Crippen LogP contribution in [0, 0.1) is 29.6 Å². The van der Waals surface area contributed by atoms with E-state index in [0.717, 1.165) is 16.9 Å². The lowest BCUT2D eigenvalue weighted by Gasteiger charge is -2.47. The molecule has 0 unspecified atom stereocenters. The predicted octanol–water partition coefficient (Wildman–Crippen LogP) is 5.87. The fourth-order valence-corrected chi connectivity index (χ4v) is 10.8. The summed E-state index contributed by atoms with van der Waals surface area (Å²) in [6.07, 6.45) is 6.82. The second-order valence-electron chi connectivity index (χ2n) is 19.7. The molecule has 15 heteroatoms. The van der Waals surface area contributed by atoms with Crippen LogP contribution in [0.1, 0.15) is 105 Å². The summed E-state index contributed by atoms with van der Waals surface area (Å²) in [6, 6.07) is 6.76. The number of Topliss-reactive ketones (excluding diaryl/α,β-unsaturated/α-hetero) is 2. The maximum absolute atomic E-state index is 14.5. The average molecular weight is 922 g/mol. The summed E-state index contributed by atoms with van der Waals surface area (Å²) in [5, 5.41) is 41.6. The Kier molecular flexibility index (Phi) is 17.8. The number of cyclic esters (lactones) is 1.